The second-order valence-electron chi connectivity index (χ2n) is 6.49. The van der Waals surface area contributed by atoms with Gasteiger partial charge in [0.05, 0.1) is 12.8 Å². The van der Waals surface area contributed by atoms with Crippen molar-refractivity contribution in [3.63, 3.8) is 0 Å². The van der Waals surface area contributed by atoms with Gasteiger partial charge in [-0.25, -0.2) is 4.52 Å². The van der Waals surface area contributed by atoms with E-state index in [0.29, 0.717) is 12.5 Å². The van der Waals surface area contributed by atoms with Gasteiger partial charge >= 0.3 is 0 Å². The quantitative estimate of drug-likeness (QED) is 0.556. The number of aromatic nitrogens is 3. The van der Waals surface area contributed by atoms with Crippen molar-refractivity contribution in [2.24, 2.45) is 15.4 Å². The molecule has 0 saturated heterocycles. The van der Waals surface area contributed by atoms with Gasteiger partial charge in [-0.1, -0.05) is 24.3 Å². The van der Waals surface area contributed by atoms with Crippen molar-refractivity contribution in [3.05, 3.63) is 72.4 Å². The highest BCUT2D eigenvalue weighted by Gasteiger charge is 2.11. The Hall–Kier alpha value is -4.07. The second kappa shape index (κ2) is 7.16. The molecule has 1 aliphatic rings. The first-order valence-electron chi connectivity index (χ1n) is 9.11. The first-order valence-corrected chi connectivity index (χ1v) is 9.11. The summed E-state index contributed by atoms with van der Waals surface area (Å²) in [5, 5.41) is 19.4. The fraction of sp³-hybridized carbons (Fsp3) is 0.0952. The van der Waals surface area contributed by atoms with Gasteiger partial charge in [0.2, 0.25) is 5.95 Å². The molecule has 29 heavy (non-hydrogen) atoms. The van der Waals surface area contributed by atoms with E-state index < -0.39 is 0 Å². The third kappa shape index (κ3) is 3.31. The third-order valence-corrected chi connectivity index (χ3v) is 4.69. The largest absolute Gasteiger partial charge is 0.497 e. The van der Waals surface area contributed by atoms with Crippen molar-refractivity contribution < 1.29 is 4.74 Å². The Labute approximate surface area is 166 Å². The lowest BCUT2D eigenvalue weighted by Gasteiger charge is -2.04. The highest BCUT2D eigenvalue weighted by molar-refractivity contribution is 6.02. The fourth-order valence-corrected chi connectivity index (χ4v) is 3.19. The Bertz CT molecular complexity index is 1220. The minimum atomic E-state index is 0.523. The molecule has 3 heterocycles. The zero-order valence-electron chi connectivity index (χ0n) is 15.6. The lowest BCUT2D eigenvalue weighted by Crippen LogP contribution is -2.01. The van der Waals surface area contributed by atoms with Crippen LogP contribution in [0.15, 0.2) is 82.3 Å². The molecule has 0 bridgehead atoms. The number of nitrogens with zero attached hydrogens (tertiary/aromatic N) is 6. The van der Waals surface area contributed by atoms with E-state index in [-0.39, 0.29) is 0 Å². The molecule has 0 radical (unpaired) electrons. The highest BCUT2D eigenvalue weighted by Crippen LogP contribution is 2.26. The van der Waals surface area contributed by atoms with Crippen molar-refractivity contribution in [1.29, 1.82) is 0 Å². The Morgan fingerprint density at radius 1 is 0.966 bits per heavy atom. The van der Waals surface area contributed by atoms with Crippen molar-refractivity contribution in [3.8, 4) is 16.9 Å². The van der Waals surface area contributed by atoms with E-state index in [4.69, 9.17) is 4.74 Å². The lowest BCUT2D eigenvalue weighted by atomic mass is 10.1. The molecule has 1 aliphatic heterocycles. The molecule has 8 heteroatoms. The van der Waals surface area contributed by atoms with Gasteiger partial charge in [0.1, 0.15) is 12.3 Å². The Kier molecular flexibility index (Phi) is 4.21. The number of ether oxygens (including phenoxy) is 1. The zero-order chi connectivity index (χ0) is 19.6. The lowest BCUT2D eigenvalue weighted by molar-refractivity contribution is 0.415. The average molecular weight is 383 g/mol. The van der Waals surface area contributed by atoms with Gasteiger partial charge in [-0.05, 0) is 47.2 Å². The van der Waals surface area contributed by atoms with Crippen LogP contribution < -0.4 is 10.1 Å². The molecule has 0 aliphatic carbocycles. The number of anilines is 2. The number of pyridine rings is 1. The molecule has 142 valence electrons. The number of rotatable bonds is 5. The van der Waals surface area contributed by atoms with Gasteiger partial charge in [-0.15, -0.1) is 10.2 Å². The van der Waals surface area contributed by atoms with Gasteiger partial charge in [0.15, 0.2) is 5.65 Å². The number of fused-ring (bicyclic) bond motifs is 1. The SMILES string of the molecule is COc1ccc(-c2cccn3nc(Nc4ccc(C5=NN=NC5)cc4)nc23)cc1. The van der Waals surface area contributed by atoms with Crippen LogP contribution in [0.25, 0.3) is 16.8 Å². The van der Waals surface area contributed by atoms with Crippen LogP contribution in [0, 0.1) is 0 Å². The van der Waals surface area contributed by atoms with E-state index in [1.54, 1.807) is 11.6 Å². The van der Waals surface area contributed by atoms with Crippen molar-refractivity contribution in [2.75, 3.05) is 19.0 Å². The second-order valence-corrected chi connectivity index (χ2v) is 6.49. The summed E-state index contributed by atoms with van der Waals surface area (Å²) in [7, 11) is 1.66. The van der Waals surface area contributed by atoms with Gasteiger partial charge in [-0.2, -0.15) is 10.1 Å². The van der Waals surface area contributed by atoms with E-state index in [9.17, 15) is 0 Å². The molecule has 2 aromatic heterocycles. The summed E-state index contributed by atoms with van der Waals surface area (Å²) in [6.45, 7) is 0.523. The summed E-state index contributed by atoms with van der Waals surface area (Å²) in [4.78, 5) is 4.68. The minimum Gasteiger partial charge on any atom is -0.497 e. The zero-order valence-corrected chi connectivity index (χ0v) is 15.6. The molecule has 0 fully saturated rings. The maximum absolute atomic E-state index is 5.24. The van der Waals surface area contributed by atoms with Crippen molar-refractivity contribution >= 4 is 23.0 Å². The molecule has 0 saturated carbocycles. The number of methoxy groups -OCH3 is 1. The number of hydrogen-bond donors (Lipinski definition) is 1. The fourth-order valence-electron chi connectivity index (χ4n) is 3.19. The molecule has 5 rings (SSSR count). The molecule has 0 amide bonds. The first-order chi connectivity index (χ1) is 14.3. The molecule has 0 spiro atoms. The molecule has 0 atom stereocenters. The summed E-state index contributed by atoms with van der Waals surface area (Å²) in [6, 6.07) is 19.8. The van der Waals surface area contributed by atoms with Crippen LogP contribution in [0.1, 0.15) is 5.56 Å². The Morgan fingerprint density at radius 2 is 1.76 bits per heavy atom. The van der Waals surface area contributed by atoms with Crippen LogP contribution in [0.2, 0.25) is 0 Å². The number of nitrogens with one attached hydrogen (secondary N) is 1. The Morgan fingerprint density at radius 3 is 2.48 bits per heavy atom. The van der Waals surface area contributed by atoms with Crippen LogP contribution in [0.4, 0.5) is 11.6 Å². The number of hydrogen-bond acceptors (Lipinski definition) is 7. The molecule has 4 aromatic rings. The summed E-state index contributed by atoms with van der Waals surface area (Å²) in [6.07, 6.45) is 1.88. The van der Waals surface area contributed by atoms with Gasteiger partial charge in [0.25, 0.3) is 0 Å². The molecule has 0 unspecified atom stereocenters. The van der Waals surface area contributed by atoms with Gasteiger partial charge in [0, 0.05) is 23.0 Å². The minimum absolute atomic E-state index is 0.523. The summed E-state index contributed by atoms with van der Waals surface area (Å²) < 4.78 is 7.01. The van der Waals surface area contributed by atoms with Gasteiger partial charge in [-0.3, -0.25) is 0 Å². The molecular formula is C21H17N7O. The van der Waals surface area contributed by atoms with E-state index in [1.165, 1.54) is 0 Å². The maximum atomic E-state index is 5.24. The first kappa shape index (κ1) is 17.1. The normalized spacial score (nSPS) is 12.9. The van der Waals surface area contributed by atoms with Crippen LogP contribution in [0.3, 0.4) is 0 Å². The number of benzene rings is 2. The van der Waals surface area contributed by atoms with E-state index in [2.05, 4.69) is 30.8 Å². The van der Waals surface area contributed by atoms with Crippen molar-refractivity contribution in [2.45, 2.75) is 0 Å². The Balaban J connectivity index is 1.42. The topological polar surface area (TPSA) is 88.5 Å². The smallest absolute Gasteiger partial charge is 0.247 e. The van der Waals surface area contributed by atoms with Crippen LogP contribution in [-0.2, 0) is 0 Å². The predicted octanol–water partition coefficient (Wildman–Crippen LogP) is 4.32. The summed E-state index contributed by atoms with van der Waals surface area (Å²) in [5.41, 5.74) is 5.59. The van der Waals surface area contributed by atoms with Crippen LogP contribution in [0.5, 0.6) is 5.75 Å². The van der Waals surface area contributed by atoms with Crippen LogP contribution in [-0.4, -0.2) is 34.0 Å². The third-order valence-electron chi connectivity index (χ3n) is 4.69. The van der Waals surface area contributed by atoms with Gasteiger partial charge < -0.3 is 10.1 Å². The maximum Gasteiger partial charge on any atom is 0.247 e. The van der Waals surface area contributed by atoms with E-state index >= 15 is 0 Å². The van der Waals surface area contributed by atoms with E-state index in [1.807, 2.05) is 66.9 Å². The predicted molar refractivity (Wildman–Crippen MR) is 111 cm³/mol. The monoisotopic (exact) mass is 383 g/mol. The average Bonchev–Trinajstić information content (AvgIpc) is 3.44. The molecular weight excluding hydrogens is 366 g/mol. The van der Waals surface area contributed by atoms with Crippen molar-refractivity contribution in [1.82, 2.24) is 14.6 Å². The molecule has 1 N–H and O–H groups in total. The molecule has 2 aromatic carbocycles. The van der Waals surface area contributed by atoms with E-state index in [0.717, 1.165) is 39.5 Å². The summed E-state index contributed by atoms with van der Waals surface area (Å²) in [5.74, 6) is 1.35. The molecule has 8 nitrogen and oxygen atoms in total. The summed E-state index contributed by atoms with van der Waals surface area (Å²) >= 11 is 0. The highest BCUT2D eigenvalue weighted by atomic mass is 16.5. The van der Waals surface area contributed by atoms with Crippen LogP contribution >= 0.6 is 0 Å². The standard InChI is InChI=1S/C21H17N7O/c1-29-17-10-6-14(7-11-17)18-3-2-12-28-20(18)24-21(26-28)23-16-8-4-15(5-9-16)19-13-22-27-25-19/h2-12H,13H2,1H3,(H,23,26).